The van der Waals surface area contributed by atoms with E-state index in [1.807, 2.05) is 30.3 Å². The summed E-state index contributed by atoms with van der Waals surface area (Å²) in [6, 6.07) is 11.7. The van der Waals surface area contributed by atoms with Crippen LogP contribution in [0.3, 0.4) is 0 Å². The lowest BCUT2D eigenvalue weighted by Gasteiger charge is -2.14. The minimum absolute atomic E-state index is 0.366. The van der Waals surface area contributed by atoms with Crippen LogP contribution < -0.4 is 5.73 Å². The van der Waals surface area contributed by atoms with Crippen LogP contribution >= 0.6 is 34.2 Å². The molecule has 0 fully saturated rings. The number of primary amides is 1. The van der Waals surface area contributed by atoms with E-state index in [1.54, 1.807) is 0 Å². The summed E-state index contributed by atoms with van der Waals surface area (Å²) in [6.45, 7) is 2.14. The third-order valence-corrected chi connectivity index (χ3v) is 4.29. The molecule has 0 unspecified atom stereocenters. The van der Waals surface area contributed by atoms with Crippen molar-refractivity contribution in [3.05, 3.63) is 56.1 Å². The number of carbonyl (C=O) groups excluding carboxylic acids is 1. The van der Waals surface area contributed by atoms with Gasteiger partial charge in [-0.05, 0) is 76.4 Å². The highest BCUT2D eigenvalue weighted by atomic mass is 127. The van der Waals surface area contributed by atoms with Crippen LogP contribution in [0.4, 0.5) is 0 Å². The van der Waals surface area contributed by atoms with E-state index in [0.29, 0.717) is 10.6 Å². The zero-order valence-electron chi connectivity index (χ0n) is 11.8. The van der Waals surface area contributed by atoms with E-state index in [9.17, 15) is 4.79 Å². The van der Waals surface area contributed by atoms with Crippen molar-refractivity contribution in [2.75, 3.05) is 0 Å². The molecule has 0 saturated carbocycles. The van der Waals surface area contributed by atoms with Crippen LogP contribution in [-0.2, 0) is 6.42 Å². The number of unbranched alkanes of at least 4 members (excludes halogenated alkanes) is 1. The third kappa shape index (κ3) is 3.98. The van der Waals surface area contributed by atoms with E-state index >= 15 is 0 Å². The van der Waals surface area contributed by atoms with E-state index in [4.69, 9.17) is 17.3 Å². The van der Waals surface area contributed by atoms with Gasteiger partial charge in [-0.2, -0.15) is 0 Å². The van der Waals surface area contributed by atoms with Crippen LogP contribution in [0.15, 0.2) is 36.4 Å². The first kappa shape index (κ1) is 16.3. The fourth-order valence-electron chi connectivity index (χ4n) is 2.37. The Kier molecular flexibility index (Phi) is 5.65. The Hall–Kier alpha value is -1.07. The van der Waals surface area contributed by atoms with Crippen molar-refractivity contribution in [3.8, 4) is 11.1 Å². The summed E-state index contributed by atoms with van der Waals surface area (Å²) >= 11 is 8.18. The zero-order chi connectivity index (χ0) is 15.4. The Balaban J connectivity index is 2.61. The van der Waals surface area contributed by atoms with Crippen LogP contribution in [0.1, 0.15) is 35.7 Å². The van der Waals surface area contributed by atoms with Crippen LogP contribution in [-0.4, -0.2) is 5.91 Å². The highest BCUT2D eigenvalue weighted by Gasteiger charge is 2.15. The number of nitrogens with two attached hydrogens (primary N) is 1. The average molecular weight is 414 g/mol. The number of benzene rings is 2. The fourth-order valence-corrected chi connectivity index (χ4v) is 3.12. The number of carbonyl (C=O) groups is 1. The lowest BCUT2D eigenvalue weighted by molar-refractivity contribution is 0.0999. The Morgan fingerprint density at radius 1 is 1.24 bits per heavy atom. The molecule has 0 aliphatic carbocycles. The van der Waals surface area contributed by atoms with Gasteiger partial charge < -0.3 is 5.73 Å². The van der Waals surface area contributed by atoms with Gasteiger partial charge in [-0.15, -0.1) is 0 Å². The Morgan fingerprint density at radius 2 is 1.90 bits per heavy atom. The fraction of sp³-hybridized carbons (Fsp3) is 0.235. The number of hydrogen-bond acceptors (Lipinski definition) is 1. The Bertz CT molecular complexity index is 653. The maximum Gasteiger partial charge on any atom is 0.249 e. The second-order valence-electron chi connectivity index (χ2n) is 4.95. The van der Waals surface area contributed by atoms with Gasteiger partial charge in [0.05, 0.1) is 0 Å². The monoisotopic (exact) mass is 413 g/mol. The first-order valence-corrected chi connectivity index (χ1v) is 8.36. The second-order valence-corrected chi connectivity index (χ2v) is 6.64. The molecule has 4 heteroatoms. The molecule has 0 aromatic heterocycles. The molecular weight excluding hydrogens is 397 g/mol. The molecule has 21 heavy (non-hydrogen) atoms. The topological polar surface area (TPSA) is 43.1 Å². The van der Waals surface area contributed by atoms with Crippen molar-refractivity contribution in [2.24, 2.45) is 5.73 Å². The first-order chi connectivity index (χ1) is 10.0. The van der Waals surface area contributed by atoms with Gasteiger partial charge in [0.25, 0.3) is 0 Å². The highest BCUT2D eigenvalue weighted by Crippen LogP contribution is 2.31. The molecule has 0 aliphatic heterocycles. The summed E-state index contributed by atoms with van der Waals surface area (Å²) in [5, 5.41) is 0.703. The summed E-state index contributed by atoms with van der Waals surface area (Å²) in [6.07, 6.45) is 2.95. The molecule has 110 valence electrons. The Labute approximate surface area is 143 Å². The van der Waals surface area contributed by atoms with E-state index in [0.717, 1.165) is 39.5 Å². The molecule has 0 heterocycles. The van der Waals surface area contributed by atoms with Gasteiger partial charge in [-0.3, -0.25) is 4.79 Å². The maximum absolute atomic E-state index is 11.8. The first-order valence-electron chi connectivity index (χ1n) is 6.91. The summed E-state index contributed by atoms with van der Waals surface area (Å²) in [5.41, 5.74) is 9.35. The summed E-state index contributed by atoms with van der Waals surface area (Å²) in [5.74, 6) is -0.366. The molecule has 0 radical (unpaired) electrons. The largest absolute Gasteiger partial charge is 0.366 e. The van der Waals surface area contributed by atoms with Crippen LogP contribution in [0.2, 0.25) is 5.02 Å². The molecule has 2 aromatic rings. The summed E-state index contributed by atoms with van der Waals surface area (Å²) < 4.78 is 1.01. The van der Waals surface area contributed by atoms with E-state index in [1.165, 1.54) is 0 Å². The third-order valence-electron chi connectivity index (χ3n) is 3.42. The lowest BCUT2D eigenvalue weighted by atomic mass is 9.92. The molecule has 2 rings (SSSR count). The number of rotatable bonds is 5. The van der Waals surface area contributed by atoms with Crippen LogP contribution in [0, 0.1) is 3.57 Å². The van der Waals surface area contributed by atoms with Gasteiger partial charge >= 0.3 is 0 Å². The SMILES string of the molecule is CCCCc1c(C(N)=O)cc(I)cc1-c1ccc(Cl)cc1. The molecule has 0 saturated heterocycles. The summed E-state index contributed by atoms with van der Waals surface area (Å²) in [4.78, 5) is 11.8. The summed E-state index contributed by atoms with van der Waals surface area (Å²) in [7, 11) is 0. The quantitative estimate of drug-likeness (QED) is 0.685. The number of halogens is 2. The predicted octanol–water partition coefficient (Wildman–Crippen LogP) is 5.05. The van der Waals surface area contributed by atoms with Crippen molar-refractivity contribution in [1.29, 1.82) is 0 Å². The van der Waals surface area contributed by atoms with Crippen molar-refractivity contribution in [3.63, 3.8) is 0 Å². The Morgan fingerprint density at radius 3 is 2.48 bits per heavy atom. The van der Waals surface area contributed by atoms with Gasteiger partial charge in [-0.1, -0.05) is 37.1 Å². The van der Waals surface area contributed by atoms with Crippen molar-refractivity contribution in [1.82, 2.24) is 0 Å². The maximum atomic E-state index is 11.8. The van der Waals surface area contributed by atoms with E-state index < -0.39 is 0 Å². The molecule has 0 spiro atoms. The lowest BCUT2D eigenvalue weighted by Crippen LogP contribution is -2.15. The van der Waals surface area contributed by atoms with E-state index in [2.05, 4.69) is 35.6 Å². The zero-order valence-corrected chi connectivity index (χ0v) is 14.7. The normalized spacial score (nSPS) is 10.6. The predicted molar refractivity (Wildman–Crippen MR) is 96.7 cm³/mol. The van der Waals surface area contributed by atoms with Gasteiger partial charge in [-0.25, -0.2) is 0 Å². The minimum atomic E-state index is -0.366. The van der Waals surface area contributed by atoms with Crippen molar-refractivity contribution >= 4 is 40.1 Å². The molecule has 0 aliphatic rings. The van der Waals surface area contributed by atoms with Gasteiger partial charge in [0.15, 0.2) is 0 Å². The molecule has 2 nitrogen and oxygen atoms in total. The van der Waals surface area contributed by atoms with Crippen molar-refractivity contribution in [2.45, 2.75) is 26.2 Å². The van der Waals surface area contributed by atoms with Gasteiger partial charge in [0, 0.05) is 14.2 Å². The highest BCUT2D eigenvalue weighted by molar-refractivity contribution is 14.1. The molecule has 0 bridgehead atoms. The molecule has 1 amide bonds. The number of hydrogen-bond donors (Lipinski definition) is 1. The molecule has 0 atom stereocenters. The molecular formula is C17H17ClINO. The van der Waals surface area contributed by atoms with Gasteiger partial charge in [0.2, 0.25) is 5.91 Å². The standard InChI is InChI=1S/C17H17ClINO/c1-2-3-4-14-15(11-5-7-12(18)8-6-11)9-13(19)10-16(14)17(20)21/h5-10H,2-4H2,1H3,(H2,20,21). The number of amides is 1. The average Bonchev–Trinajstić information content (AvgIpc) is 2.46. The van der Waals surface area contributed by atoms with Crippen LogP contribution in [0.25, 0.3) is 11.1 Å². The minimum Gasteiger partial charge on any atom is -0.366 e. The molecule has 2 N–H and O–H groups in total. The second kappa shape index (κ2) is 7.27. The molecule has 2 aromatic carbocycles. The smallest absolute Gasteiger partial charge is 0.249 e. The van der Waals surface area contributed by atoms with Crippen molar-refractivity contribution < 1.29 is 4.79 Å². The van der Waals surface area contributed by atoms with E-state index in [-0.39, 0.29) is 5.91 Å². The van der Waals surface area contributed by atoms with Gasteiger partial charge in [0.1, 0.15) is 0 Å². The van der Waals surface area contributed by atoms with Crippen LogP contribution in [0.5, 0.6) is 0 Å².